The zero-order chi connectivity index (χ0) is 32.9. The largest absolute Gasteiger partial charge is 0.573 e. The van der Waals surface area contributed by atoms with Crippen LogP contribution in [0.1, 0.15) is 66.0 Å². The average Bonchev–Trinajstić information content (AvgIpc) is 3.00. The van der Waals surface area contributed by atoms with Crippen molar-refractivity contribution in [1.82, 2.24) is 10.2 Å². The van der Waals surface area contributed by atoms with Gasteiger partial charge in [-0.05, 0) is 73.7 Å². The van der Waals surface area contributed by atoms with Crippen molar-refractivity contribution in [3.8, 4) is 5.75 Å². The van der Waals surface area contributed by atoms with Crippen LogP contribution in [0, 0.1) is 11.7 Å². The van der Waals surface area contributed by atoms with Crippen LogP contribution in [0.3, 0.4) is 0 Å². The number of amides is 2. The molecular weight excluding hydrogens is 594 g/mol. The second-order valence-electron chi connectivity index (χ2n) is 11.7. The van der Waals surface area contributed by atoms with Crippen molar-refractivity contribution in [1.29, 1.82) is 0 Å². The molecule has 0 aliphatic carbocycles. The Hall–Kier alpha value is -4.45. The second kappa shape index (κ2) is 13.7. The van der Waals surface area contributed by atoms with Crippen molar-refractivity contribution in [3.05, 3.63) is 95.3 Å². The van der Waals surface area contributed by atoms with Gasteiger partial charge in [0.05, 0.1) is 5.56 Å². The van der Waals surface area contributed by atoms with E-state index in [1.165, 1.54) is 0 Å². The van der Waals surface area contributed by atoms with Gasteiger partial charge in [-0.1, -0.05) is 44.2 Å². The summed E-state index contributed by atoms with van der Waals surface area (Å²) in [5.74, 6) is -4.04. The van der Waals surface area contributed by atoms with Crippen molar-refractivity contribution in [2.75, 3.05) is 18.4 Å². The first kappa shape index (κ1) is 33.4. The molecule has 1 heterocycles. The fraction of sp³-hybridized carbons (Fsp3) is 0.364. The number of ether oxygens (including phenoxy) is 1. The monoisotopic (exact) mass is 629 g/mol. The molecular formula is C33H35F4N3O5. The molecule has 1 aliphatic rings. The number of halogens is 4. The lowest BCUT2D eigenvalue weighted by molar-refractivity contribution is -0.274. The number of benzene rings is 3. The molecule has 2 atom stereocenters. The van der Waals surface area contributed by atoms with E-state index in [-0.39, 0.29) is 5.91 Å². The van der Waals surface area contributed by atoms with Crippen LogP contribution in [-0.2, 0) is 4.79 Å². The molecule has 0 radical (unpaired) electrons. The SMILES string of the molecule is CC(C)C(NC(=O)c1cc(OC(F)(F)F)ccc1F)C(=O)N1CCC(C)(Nc2ccc(C(=O)[C@H](O)c3ccccc3)cc2)CC1. The average molecular weight is 630 g/mol. The summed E-state index contributed by atoms with van der Waals surface area (Å²) in [4.78, 5) is 40.6. The van der Waals surface area contributed by atoms with Crippen molar-refractivity contribution >= 4 is 23.3 Å². The van der Waals surface area contributed by atoms with Gasteiger partial charge in [0, 0.05) is 29.9 Å². The number of anilines is 1. The Morgan fingerprint density at radius 3 is 2.16 bits per heavy atom. The molecule has 0 aromatic heterocycles. The first-order chi connectivity index (χ1) is 21.2. The molecule has 4 rings (SSSR count). The van der Waals surface area contributed by atoms with Crippen molar-refractivity contribution in [2.45, 2.75) is 57.7 Å². The quantitative estimate of drug-likeness (QED) is 0.191. The third kappa shape index (κ3) is 8.59. The molecule has 1 saturated heterocycles. The molecule has 1 unspecified atom stereocenters. The number of piperidine rings is 1. The van der Waals surface area contributed by atoms with Gasteiger partial charge in [-0.3, -0.25) is 14.4 Å². The fourth-order valence-electron chi connectivity index (χ4n) is 5.16. The first-order valence-electron chi connectivity index (χ1n) is 14.5. The number of aliphatic hydroxyl groups excluding tert-OH is 1. The Kier molecular flexibility index (Phi) is 10.2. The number of ketones is 1. The minimum atomic E-state index is -5.02. The summed E-state index contributed by atoms with van der Waals surface area (Å²) >= 11 is 0. The number of likely N-dealkylation sites (tertiary alicyclic amines) is 1. The summed E-state index contributed by atoms with van der Waals surface area (Å²) in [5.41, 5.74) is 0.560. The highest BCUT2D eigenvalue weighted by Crippen LogP contribution is 2.29. The van der Waals surface area contributed by atoms with Crippen LogP contribution in [0.4, 0.5) is 23.2 Å². The maximum Gasteiger partial charge on any atom is 0.573 e. The van der Waals surface area contributed by atoms with Gasteiger partial charge in [0.25, 0.3) is 5.91 Å². The second-order valence-corrected chi connectivity index (χ2v) is 11.7. The van der Waals surface area contributed by atoms with Crippen LogP contribution in [-0.4, -0.2) is 58.6 Å². The molecule has 3 N–H and O–H groups in total. The Balaban J connectivity index is 1.35. The van der Waals surface area contributed by atoms with Gasteiger partial charge in [-0.2, -0.15) is 0 Å². The maximum atomic E-state index is 14.4. The maximum absolute atomic E-state index is 14.4. The fourth-order valence-corrected chi connectivity index (χ4v) is 5.16. The molecule has 1 fully saturated rings. The summed E-state index contributed by atoms with van der Waals surface area (Å²) in [5, 5.41) is 16.4. The predicted octanol–water partition coefficient (Wildman–Crippen LogP) is 5.89. The lowest BCUT2D eigenvalue weighted by atomic mass is 9.88. The van der Waals surface area contributed by atoms with Crippen LogP contribution >= 0.6 is 0 Å². The molecule has 240 valence electrons. The predicted molar refractivity (Wildman–Crippen MR) is 159 cm³/mol. The van der Waals surface area contributed by atoms with Crippen LogP contribution in [0.25, 0.3) is 0 Å². The number of carbonyl (C=O) groups excluding carboxylic acids is 3. The van der Waals surface area contributed by atoms with Crippen LogP contribution in [0.5, 0.6) is 5.75 Å². The van der Waals surface area contributed by atoms with E-state index in [1.807, 2.05) is 6.92 Å². The van der Waals surface area contributed by atoms with E-state index in [2.05, 4.69) is 15.4 Å². The smallest absolute Gasteiger partial charge is 0.406 e. The van der Waals surface area contributed by atoms with Crippen LogP contribution in [0.15, 0.2) is 72.8 Å². The number of hydrogen-bond donors (Lipinski definition) is 3. The van der Waals surface area contributed by atoms with Crippen molar-refractivity contribution < 1.29 is 41.8 Å². The Morgan fingerprint density at radius 2 is 1.58 bits per heavy atom. The lowest BCUT2D eigenvalue weighted by Crippen LogP contribution is -2.56. The minimum absolute atomic E-state index is 0.352. The van der Waals surface area contributed by atoms with Gasteiger partial charge in [-0.15, -0.1) is 13.2 Å². The highest BCUT2D eigenvalue weighted by atomic mass is 19.4. The minimum Gasteiger partial charge on any atom is -0.406 e. The summed E-state index contributed by atoms with van der Waals surface area (Å²) < 4.78 is 56.0. The molecule has 0 bridgehead atoms. The summed E-state index contributed by atoms with van der Waals surface area (Å²) in [6, 6.07) is 16.5. The van der Waals surface area contributed by atoms with E-state index in [9.17, 15) is 37.1 Å². The number of Topliss-reactive ketones (excluding diaryl/α,β-unsaturated/α-hetero) is 1. The summed E-state index contributed by atoms with van der Waals surface area (Å²) in [6.45, 7) is 6.11. The summed E-state index contributed by atoms with van der Waals surface area (Å²) in [7, 11) is 0. The van der Waals surface area contributed by atoms with Gasteiger partial charge in [0.1, 0.15) is 23.7 Å². The van der Waals surface area contributed by atoms with Gasteiger partial charge in [0.2, 0.25) is 5.91 Å². The number of nitrogens with zero attached hydrogens (tertiary/aromatic N) is 1. The Morgan fingerprint density at radius 1 is 0.956 bits per heavy atom. The number of aliphatic hydroxyl groups is 1. The van der Waals surface area contributed by atoms with E-state index in [1.54, 1.807) is 73.3 Å². The first-order valence-corrected chi connectivity index (χ1v) is 14.5. The molecule has 0 saturated carbocycles. The number of alkyl halides is 3. The Labute approximate surface area is 258 Å². The van der Waals surface area contributed by atoms with Gasteiger partial charge >= 0.3 is 6.36 Å². The topological polar surface area (TPSA) is 108 Å². The van der Waals surface area contributed by atoms with Crippen molar-refractivity contribution in [3.63, 3.8) is 0 Å². The van der Waals surface area contributed by atoms with Crippen LogP contribution < -0.4 is 15.4 Å². The standard InChI is InChI=1S/C33H35F4N3O5/c1-20(2)27(38-30(43)25-19-24(13-14-26(25)34)45-33(35,36)37)31(44)40-17-15-32(3,16-18-40)39-23-11-9-22(10-12-23)29(42)28(41)21-7-5-4-6-8-21/h4-14,19-20,27-28,39,41H,15-18H2,1-3H3,(H,38,43)/t27?,28-/m1/s1. The molecule has 3 aromatic rings. The third-order valence-electron chi connectivity index (χ3n) is 7.79. The molecule has 1 aliphatic heterocycles. The number of carbonyl (C=O) groups is 3. The van der Waals surface area contributed by atoms with Crippen molar-refractivity contribution in [2.24, 2.45) is 5.92 Å². The van der Waals surface area contributed by atoms with E-state index in [0.717, 1.165) is 11.8 Å². The molecule has 45 heavy (non-hydrogen) atoms. The Bertz CT molecular complexity index is 1500. The van der Waals surface area contributed by atoms with Gasteiger partial charge < -0.3 is 25.4 Å². The van der Waals surface area contributed by atoms with Crippen LogP contribution in [0.2, 0.25) is 0 Å². The molecule has 8 nitrogen and oxygen atoms in total. The molecule has 0 spiro atoms. The lowest BCUT2D eigenvalue weighted by Gasteiger charge is -2.42. The summed E-state index contributed by atoms with van der Waals surface area (Å²) in [6.07, 6.45) is -5.18. The van der Waals surface area contributed by atoms with E-state index in [0.29, 0.717) is 49.2 Å². The van der Waals surface area contributed by atoms with Gasteiger partial charge in [-0.25, -0.2) is 4.39 Å². The zero-order valence-electron chi connectivity index (χ0n) is 25.0. The molecule has 2 amide bonds. The number of rotatable bonds is 10. The third-order valence-corrected chi connectivity index (χ3v) is 7.79. The molecule has 3 aromatic carbocycles. The highest BCUT2D eigenvalue weighted by Gasteiger charge is 2.36. The van der Waals surface area contributed by atoms with Gasteiger partial charge in [0.15, 0.2) is 5.78 Å². The van der Waals surface area contributed by atoms with E-state index >= 15 is 0 Å². The number of hydrogen-bond acceptors (Lipinski definition) is 6. The normalized spacial score (nSPS) is 16.1. The van der Waals surface area contributed by atoms with E-state index in [4.69, 9.17) is 0 Å². The zero-order valence-corrected chi connectivity index (χ0v) is 25.0. The van der Waals surface area contributed by atoms with E-state index < -0.39 is 58.8 Å². The molecule has 12 heteroatoms. The number of nitrogens with one attached hydrogen (secondary N) is 2. The highest BCUT2D eigenvalue weighted by molar-refractivity contribution is 6.00.